The maximum atomic E-state index is 12.9. The highest BCUT2D eigenvalue weighted by molar-refractivity contribution is 9.10. The molecule has 2 N–H and O–H groups in total. The van der Waals surface area contributed by atoms with Gasteiger partial charge in [0.2, 0.25) is 0 Å². The van der Waals surface area contributed by atoms with E-state index < -0.39 is 6.43 Å². The van der Waals surface area contributed by atoms with Crippen LogP contribution in [-0.2, 0) is 0 Å². The molecule has 2 aromatic rings. The number of benzene rings is 2. The molecule has 0 amide bonds. The molecule has 0 aliphatic heterocycles. The number of rotatable bonds is 3. The lowest BCUT2D eigenvalue weighted by atomic mass is 10.2. The van der Waals surface area contributed by atoms with Gasteiger partial charge < -0.3 is 10.5 Å². The van der Waals surface area contributed by atoms with Gasteiger partial charge in [0.25, 0.3) is 6.43 Å². The minimum Gasteiger partial charge on any atom is -0.456 e. The van der Waals surface area contributed by atoms with Gasteiger partial charge in [-0.2, -0.15) is 0 Å². The van der Waals surface area contributed by atoms with Crippen LogP contribution in [0.5, 0.6) is 11.5 Å². The number of alkyl halides is 2. The lowest BCUT2D eigenvalue weighted by Crippen LogP contribution is -1.95. The van der Waals surface area contributed by atoms with Crippen LogP contribution in [0, 0.1) is 6.92 Å². The Morgan fingerprint density at radius 3 is 2.42 bits per heavy atom. The van der Waals surface area contributed by atoms with E-state index in [1.54, 1.807) is 6.07 Å². The molecule has 0 saturated heterocycles. The average Bonchev–Trinajstić information content (AvgIpc) is 2.34. The van der Waals surface area contributed by atoms with Crippen LogP contribution >= 0.6 is 15.9 Å². The number of hydrogen-bond acceptors (Lipinski definition) is 2. The van der Waals surface area contributed by atoms with Crippen molar-refractivity contribution in [3.05, 3.63) is 52.0 Å². The summed E-state index contributed by atoms with van der Waals surface area (Å²) in [6, 6.07) is 9.63. The molecule has 2 aromatic carbocycles. The van der Waals surface area contributed by atoms with Crippen molar-refractivity contribution in [1.29, 1.82) is 0 Å². The van der Waals surface area contributed by atoms with E-state index in [-0.39, 0.29) is 17.0 Å². The molecule has 0 unspecified atom stereocenters. The number of nitrogens with two attached hydrogens (primary N) is 1. The number of halogens is 3. The molecule has 0 heterocycles. The third kappa shape index (κ3) is 3.23. The minimum absolute atomic E-state index is 0.105. The summed E-state index contributed by atoms with van der Waals surface area (Å²) in [5.41, 5.74) is 6.62. The monoisotopic (exact) mass is 327 g/mol. The molecule has 0 atom stereocenters. The molecule has 0 fully saturated rings. The topological polar surface area (TPSA) is 35.2 Å². The van der Waals surface area contributed by atoms with Gasteiger partial charge in [-0.1, -0.05) is 6.07 Å². The highest BCUT2D eigenvalue weighted by Gasteiger charge is 2.16. The second-order valence-electron chi connectivity index (χ2n) is 4.13. The van der Waals surface area contributed by atoms with Gasteiger partial charge in [-0.05, 0) is 58.7 Å². The van der Waals surface area contributed by atoms with Crippen LogP contribution in [0.1, 0.15) is 17.6 Å². The lowest BCUT2D eigenvalue weighted by Gasteiger charge is -2.13. The molecular weight excluding hydrogens is 316 g/mol. The second-order valence-corrected chi connectivity index (χ2v) is 4.99. The summed E-state index contributed by atoms with van der Waals surface area (Å²) < 4.78 is 32.1. The number of nitrogen functional groups attached to an aromatic ring is 1. The molecule has 5 heteroatoms. The van der Waals surface area contributed by atoms with Crippen LogP contribution in [-0.4, -0.2) is 0 Å². The van der Waals surface area contributed by atoms with E-state index >= 15 is 0 Å². The maximum absolute atomic E-state index is 12.9. The molecule has 100 valence electrons. The molecule has 0 aliphatic rings. The molecule has 0 saturated carbocycles. The summed E-state index contributed by atoms with van der Waals surface area (Å²) in [4.78, 5) is 0. The van der Waals surface area contributed by atoms with Crippen LogP contribution in [0.2, 0.25) is 0 Å². The average molecular weight is 328 g/mol. The van der Waals surface area contributed by atoms with E-state index in [9.17, 15) is 8.78 Å². The lowest BCUT2D eigenvalue weighted by molar-refractivity contribution is 0.148. The van der Waals surface area contributed by atoms with Crippen molar-refractivity contribution >= 4 is 21.6 Å². The van der Waals surface area contributed by atoms with Crippen LogP contribution in [0.4, 0.5) is 14.5 Å². The molecule has 0 aromatic heterocycles. The zero-order valence-corrected chi connectivity index (χ0v) is 11.7. The smallest absolute Gasteiger partial charge is 0.267 e. The first-order valence-corrected chi connectivity index (χ1v) is 6.38. The Morgan fingerprint density at radius 2 is 1.79 bits per heavy atom. The molecule has 0 radical (unpaired) electrons. The van der Waals surface area contributed by atoms with Gasteiger partial charge in [0.15, 0.2) is 0 Å². The zero-order chi connectivity index (χ0) is 14.0. The first kappa shape index (κ1) is 13.8. The van der Waals surface area contributed by atoms with Crippen LogP contribution < -0.4 is 10.5 Å². The van der Waals surface area contributed by atoms with E-state index in [4.69, 9.17) is 10.5 Å². The SMILES string of the molecule is Cc1ccc(Oc2ccc(N)cc2C(F)F)c(Br)c1. The van der Waals surface area contributed by atoms with Gasteiger partial charge in [-0.25, -0.2) is 8.78 Å². The fourth-order valence-corrected chi connectivity index (χ4v) is 2.21. The van der Waals surface area contributed by atoms with E-state index in [0.717, 1.165) is 5.56 Å². The Hall–Kier alpha value is -1.62. The Balaban J connectivity index is 2.38. The Labute approximate surface area is 118 Å². The number of anilines is 1. The Bertz CT molecular complexity index is 602. The van der Waals surface area contributed by atoms with Crippen molar-refractivity contribution < 1.29 is 13.5 Å². The van der Waals surface area contributed by atoms with Crippen molar-refractivity contribution in [2.24, 2.45) is 0 Å². The first-order valence-electron chi connectivity index (χ1n) is 5.59. The zero-order valence-electron chi connectivity index (χ0n) is 10.2. The standard InChI is InChI=1S/C14H12BrF2NO/c1-8-2-4-13(11(15)6-8)19-12-5-3-9(18)7-10(12)14(16)17/h2-7,14H,18H2,1H3. The molecule has 2 nitrogen and oxygen atoms in total. The van der Waals surface area contributed by atoms with Crippen molar-refractivity contribution in [2.75, 3.05) is 5.73 Å². The summed E-state index contributed by atoms with van der Waals surface area (Å²) in [7, 11) is 0. The predicted octanol–water partition coefficient (Wildman–Crippen LogP) is 5.07. The molecule has 2 rings (SSSR count). The van der Waals surface area contributed by atoms with Crippen molar-refractivity contribution in [1.82, 2.24) is 0 Å². The third-order valence-electron chi connectivity index (χ3n) is 2.58. The number of ether oxygens (including phenoxy) is 1. The molecular formula is C14H12BrF2NO. The van der Waals surface area contributed by atoms with Gasteiger partial charge in [0.05, 0.1) is 10.0 Å². The quantitative estimate of drug-likeness (QED) is 0.799. The summed E-state index contributed by atoms with van der Waals surface area (Å²) in [6.07, 6.45) is -2.64. The minimum atomic E-state index is -2.64. The normalized spacial score (nSPS) is 10.8. The molecule has 0 aliphatic carbocycles. The summed E-state index contributed by atoms with van der Waals surface area (Å²) in [6.45, 7) is 1.93. The van der Waals surface area contributed by atoms with E-state index in [1.807, 2.05) is 19.1 Å². The van der Waals surface area contributed by atoms with Gasteiger partial charge in [0, 0.05) is 5.69 Å². The fraction of sp³-hybridized carbons (Fsp3) is 0.143. The van der Waals surface area contributed by atoms with Gasteiger partial charge in [-0.3, -0.25) is 0 Å². The maximum Gasteiger partial charge on any atom is 0.267 e. The van der Waals surface area contributed by atoms with Crippen LogP contribution in [0.25, 0.3) is 0 Å². The van der Waals surface area contributed by atoms with E-state index in [1.165, 1.54) is 18.2 Å². The van der Waals surface area contributed by atoms with Crippen molar-refractivity contribution in [3.63, 3.8) is 0 Å². The third-order valence-corrected chi connectivity index (χ3v) is 3.20. The molecule has 0 bridgehead atoms. The fourth-order valence-electron chi connectivity index (χ4n) is 1.64. The van der Waals surface area contributed by atoms with Crippen LogP contribution in [0.3, 0.4) is 0 Å². The van der Waals surface area contributed by atoms with Gasteiger partial charge in [0.1, 0.15) is 11.5 Å². The van der Waals surface area contributed by atoms with Gasteiger partial charge in [-0.15, -0.1) is 0 Å². The second kappa shape index (κ2) is 5.57. The highest BCUT2D eigenvalue weighted by Crippen LogP contribution is 2.36. The summed E-state index contributed by atoms with van der Waals surface area (Å²) >= 11 is 3.34. The van der Waals surface area contributed by atoms with Gasteiger partial charge >= 0.3 is 0 Å². The number of hydrogen-bond donors (Lipinski definition) is 1. The Morgan fingerprint density at radius 1 is 1.11 bits per heavy atom. The van der Waals surface area contributed by atoms with Crippen molar-refractivity contribution in [3.8, 4) is 11.5 Å². The largest absolute Gasteiger partial charge is 0.456 e. The van der Waals surface area contributed by atoms with E-state index in [2.05, 4.69) is 15.9 Å². The molecule has 19 heavy (non-hydrogen) atoms. The van der Waals surface area contributed by atoms with Crippen LogP contribution in [0.15, 0.2) is 40.9 Å². The summed E-state index contributed by atoms with van der Waals surface area (Å²) in [5.74, 6) is 0.589. The predicted molar refractivity (Wildman–Crippen MR) is 74.8 cm³/mol. The Kier molecular flexibility index (Phi) is 4.04. The van der Waals surface area contributed by atoms with Crippen molar-refractivity contribution in [2.45, 2.75) is 13.3 Å². The highest BCUT2D eigenvalue weighted by atomic mass is 79.9. The first-order chi connectivity index (χ1) is 8.97. The summed E-state index contributed by atoms with van der Waals surface area (Å²) in [5, 5.41) is 0. The van der Waals surface area contributed by atoms with E-state index in [0.29, 0.717) is 10.2 Å². The molecule has 0 spiro atoms. The number of aryl methyl sites for hydroxylation is 1.